The molecule has 4 rings (SSSR count). The van der Waals surface area contributed by atoms with Gasteiger partial charge in [0.2, 0.25) is 0 Å². The zero-order valence-corrected chi connectivity index (χ0v) is 19.8. The second kappa shape index (κ2) is 6.78. The lowest BCUT2D eigenvalue weighted by Crippen LogP contribution is -2.48. The molecule has 0 spiro atoms. The van der Waals surface area contributed by atoms with E-state index in [-0.39, 0.29) is 24.9 Å². The van der Waals surface area contributed by atoms with Gasteiger partial charge in [-0.1, -0.05) is 20.8 Å². The van der Waals surface area contributed by atoms with E-state index in [0.717, 1.165) is 0 Å². The number of fused-ring (bicyclic) bond motifs is 2. The van der Waals surface area contributed by atoms with Gasteiger partial charge in [-0.15, -0.1) is 0 Å². The molecule has 0 bridgehead atoms. The number of pyridine rings is 1. The normalized spacial score (nSPS) is 25.0. The number of hydrogen-bond donors (Lipinski definition) is 0. The number of piperidine rings is 1. The number of likely N-dealkylation sites (tertiary alicyclic amines) is 1. The van der Waals surface area contributed by atoms with Gasteiger partial charge in [-0.25, -0.2) is 18.4 Å². The summed E-state index contributed by atoms with van der Waals surface area (Å²) in [5, 5.41) is 0. The smallest absolute Gasteiger partial charge is 0.410 e. The molecule has 3 heterocycles. The van der Waals surface area contributed by atoms with Crippen molar-refractivity contribution < 1.29 is 18.3 Å². The van der Waals surface area contributed by atoms with Crippen LogP contribution in [0, 0.1) is 11.3 Å². The van der Waals surface area contributed by atoms with Gasteiger partial charge in [0.25, 0.3) is 5.92 Å². The van der Waals surface area contributed by atoms with Gasteiger partial charge in [0, 0.05) is 25.5 Å². The zero-order chi connectivity index (χ0) is 23.9. The highest BCUT2D eigenvalue weighted by Gasteiger charge is 2.83. The molecule has 2 fully saturated rings. The van der Waals surface area contributed by atoms with Gasteiger partial charge in [-0.05, 0) is 45.1 Å². The van der Waals surface area contributed by atoms with Crippen LogP contribution in [-0.2, 0) is 23.7 Å². The molecule has 9 heteroatoms. The average molecular weight is 451 g/mol. The van der Waals surface area contributed by atoms with Crippen LogP contribution >= 0.6 is 0 Å². The summed E-state index contributed by atoms with van der Waals surface area (Å²) >= 11 is 0. The van der Waals surface area contributed by atoms with Crippen molar-refractivity contribution in [1.82, 2.24) is 19.0 Å². The first-order chi connectivity index (χ1) is 14.6. The van der Waals surface area contributed by atoms with Crippen LogP contribution in [0.3, 0.4) is 0 Å². The zero-order valence-electron chi connectivity index (χ0n) is 19.8. The molecule has 1 aliphatic carbocycles. The molecule has 0 aromatic carbocycles. The number of halogens is 2. The molecule has 2 unspecified atom stereocenters. The van der Waals surface area contributed by atoms with Crippen molar-refractivity contribution in [2.75, 3.05) is 13.1 Å². The lowest BCUT2D eigenvalue weighted by Gasteiger charge is -2.36. The van der Waals surface area contributed by atoms with Crippen LogP contribution in [0.5, 0.6) is 0 Å². The number of rotatable bonds is 2. The number of carbonyl (C=O) groups is 1. The molecule has 1 saturated heterocycles. The predicted octanol–water partition coefficient (Wildman–Crippen LogP) is 3.88. The third kappa shape index (κ3) is 3.49. The molecule has 2 atom stereocenters. The van der Waals surface area contributed by atoms with Gasteiger partial charge < -0.3 is 14.2 Å². The molecule has 0 aromatic heterocycles. The Morgan fingerprint density at radius 3 is 2.50 bits per heavy atom. The van der Waals surface area contributed by atoms with Crippen LogP contribution in [0.25, 0.3) is 11.4 Å². The second-order valence-electron chi connectivity index (χ2n) is 11.4. The Labute approximate surface area is 186 Å². The Morgan fingerprint density at radius 1 is 1.25 bits per heavy atom. The third-order valence-electron chi connectivity index (χ3n) is 6.41. The topological polar surface area (TPSA) is 69.4 Å². The van der Waals surface area contributed by atoms with E-state index in [2.05, 4.69) is 4.98 Å². The average Bonchev–Trinajstić information content (AvgIpc) is 3.00. The fourth-order valence-electron chi connectivity index (χ4n) is 4.95. The standard InChI is InChI=1S/C23H32F2N4O3/c1-20(2,3)11-14-10-15-16(27(7)18(30)26-15)12-29(14)22-13-28(19(31)32-21(4,5)6)9-8-17(22)23(22,24)25/h10,12,17H,8-9,11,13H2,1-7H3. The molecule has 7 nitrogen and oxygen atoms in total. The first kappa shape index (κ1) is 22.7. The van der Waals surface area contributed by atoms with Gasteiger partial charge in [0.05, 0.1) is 23.9 Å². The minimum Gasteiger partial charge on any atom is -0.444 e. The molecule has 32 heavy (non-hydrogen) atoms. The Hall–Kier alpha value is -2.45. The van der Waals surface area contributed by atoms with E-state index in [9.17, 15) is 9.59 Å². The highest BCUT2D eigenvalue weighted by molar-refractivity contribution is 5.69. The number of hydrogen-bond acceptors (Lipinski definition) is 4. The van der Waals surface area contributed by atoms with Crippen molar-refractivity contribution in [2.45, 2.75) is 71.4 Å². The van der Waals surface area contributed by atoms with Crippen molar-refractivity contribution in [1.29, 1.82) is 0 Å². The maximum absolute atomic E-state index is 15.5. The van der Waals surface area contributed by atoms with Gasteiger partial charge in [-0.3, -0.25) is 4.57 Å². The summed E-state index contributed by atoms with van der Waals surface area (Å²) in [6, 6.07) is 1.74. The molecule has 1 amide bonds. The van der Waals surface area contributed by atoms with E-state index >= 15 is 8.78 Å². The van der Waals surface area contributed by atoms with Crippen LogP contribution in [0.1, 0.15) is 53.7 Å². The third-order valence-corrected chi connectivity index (χ3v) is 6.41. The Bertz CT molecular complexity index is 1090. The summed E-state index contributed by atoms with van der Waals surface area (Å²) in [4.78, 5) is 30.3. The van der Waals surface area contributed by atoms with E-state index in [1.165, 1.54) is 9.47 Å². The lowest BCUT2D eigenvalue weighted by molar-refractivity contribution is 0.0105. The number of nitrogens with zero attached hydrogens (tertiary/aromatic N) is 4. The fourth-order valence-corrected chi connectivity index (χ4v) is 4.95. The fraction of sp³-hybridized carbons (Fsp3) is 0.696. The number of aromatic nitrogens is 3. The van der Waals surface area contributed by atoms with Crippen molar-refractivity contribution in [3.8, 4) is 11.4 Å². The summed E-state index contributed by atoms with van der Waals surface area (Å²) in [5.74, 6) is -3.86. The minimum absolute atomic E-state index is 0.144. The van der Waals surface area contributed by atoms with Gasteiger partial charge in [0.1, 0.15) is 11.1 Å². The Kier molecular flexibility index (Phi) is 4.81. The summed E-state index contributed by atoms with van der Waals surface area (Å²) in [5.41, 5.74) is -1.21. The molecule has 0 N–H and O–H groups in total. The van der Waals surface area contributed by atoms with Crippen LogP contribution in [0.4, 0.5) is 13.6 Å². The highest BCUT2D eigenvalue weighted by atomic mass is 19.3. The minimum atomic E-state index is -2.98. The summed E-state index contributed by atoms with van der Waals surface area (Å²) in [6.45, 7) is 11.5. The summed E-state index contributed by atoms with van der Waals surface area (Å²) < 4.78 is 39.4. The van der Waals surface area contributed by atoms with Crippen LogP contribution in [0.2, 0.25) is 0 Å². The number of alkyl halides is 2. The maximum Gasteiger partial charge on any atom is 0.410 e. The molecule has 1 saturated carbocycles. The van der Waals surface area contributed by atoms with Crippen molar-refractivity contribution in [3.63, 3.8) is 0 Å². The first-order valence-corrected chi connectivity index (χ1v) is 11.0. The van der Waals surface area contributed by atoms with Gasteiger partial charge in [0.15, 0.2) is 0 Å². The largest absolute Gasteiger partial charge is 0.444 e. The molecule has 0 radical (unpaired) electrons. The SMILES string of the molecule is Cn1c2cn(C34CN(C(=O)OC(C)(C)C)CCC3C4(F)F)c(CC(C)(C)C)cc-2nc1=O. The predicted molar refractivity (Wildman–Crippen MR) is 116 cm³/mol. The summed E-state index contributed by atoms with van der Waals surface area (Å²) in [7, 11) is 1.58. The summed E-state index contributed by atoms with van der Waals surface area (Å²) in [6.07, 6.45) is 1.74. The Balaban J connectivity index is 1.84. The van der Waals surface area contributed by atoms with Gasteiger partial charge >= 0.3 is 11.8 Å². The number of ether oxygens (including phenoxy) is 1. The Morgan fingerprint density at radius 2 is 1.91 bits per heavy atom. The molecular weight excluding hydrogens is 418 g/mol. The van der Waals surface area contributed by atoms with Gasteiger partial charge in [-0.2, -0.15) is 4.98 Å². The molecule has 4 aliphatic rings. The quantitative estimate of drug-likeness (QED) is 0.696. The van der Waals surface area contributed by atoms with E-state index in [0.29, 0.717) is 23.5 Å². The first-order valence-electron chi connectivity index (χ1n) is 11.0. The van der Waals surface area contributed by atoms with E-state index < -0.39 is 34.8 Å². The molecular formula is C23H32F2N4O3. The highest BCUT2D eigenvalue weighted by Crippen LogP contribution is 2.68. The van der Waals surface area contributed by atoms with Crippen LogP contribution in [0.15, 0.2) is 17.1 Å². The monoisotopic (exact) mass is 450 g/mol. The van der Waals surface area contributed by atoms with E-state index in [4.69, 9.17) is 4.74 Å². The van der Waals surface area contributed by atoms with Crippen molar-refractivity contribution in [3.05, 3.63) is 28.4 Å². The lowest BCUT2D eigenvalue weighted by atomic mass is 9.89. The maximum atomic E-state index is 15.5. The van der Waals surface area contributed by atoms with Crippen molar-refractivity contribution >= 4 is 6.09 Å². The molecule has 3 aliphatic heterocycles. The van der Waals surface area contributed by atoms with Crippen molar-refractivity contribution in [2.24, 2.45) is 18.4 Å². The van der Waals surface area contributed by atoms with E-state index in [1.54, 1.807) is 44.6 Å². The second-order valence-corrected chi connectivity index (χ2v) is 11.4. The van der Waals surface area contributed by atoms with E-state index in [1.807, 2.05) is 20.8 Å². The number of carbonyl (C=O) groups excluding carboxylic acids is 1. The molecule has 176 valence electrons. The van der Waals surface area contributed by atoms with Crippen LogP contribution < -0.4 is 5.69 Å². The number of amides is 1. The molecule has 0 aromatic rings. The van der Waals surface area contributed by atoms with Crippen LogP contribution in [-0.4, -0.2) is 49.7 Å². The number of imidazole rings is 1.